The first kappa shape index (κ1) is 24.9. The molecular weight excluding hydrogens is 456 g/mol. The molecule has 0 fully saturated rings. The quantitative estimate of drug-likeness (QED) is 0.493. The minimum atomic E-state index is -0.514. The zero-order valence-corrected chi connectivity index (χ0v) is 20.5. The van der Waals surface area contributed by atoms with Gasteiger partial charge in [0, 0.05) is 17.6 Å². The maximum Gasteiger partial charge on any atom is 0.261 e. The van der Waals surface area contributed by atoms with Crippen LogP contribution in [0.25, 0.3) is 0 Å². The topological polar surface area (TPSA) is 58.6 Å². The number of rotatable bonds is 11. The van der Waals surface area contributed by atoms with E-state index in [1.807, 2.05) is 70.2 Å². The molecule has 2 aromatic rings. The van der Waals surface area contributed by atoms with Crippen molar-refractivity contribution in [3.8, 4) is 5.75 Å². The normalized spacial score (nSPS) is 11.6. The van der Waals surface area contributed by atoms with Crippen LogP contribution in [0.1, 0.15) is 43.4 Å². The van der Waals surface area contributed by atoms with Crippen LogP contribution in [0, 0.1) is 13.8 Å². The Morgan fingerprint density at radius 2 is 1.74 bits per heavy atom. The number of halogens is 1. The van der Waals surface area contributed by atoms with Gasteiger partial charge in [0.25, 0.3) is 5.91 Å². The fraction of sp³-hybridized carbons (Fsp3) is 0.440. The number of carbonyl (C=O) groups excluding carboxylic acids is 2. The Morgan fingerprint density at radius 1 is 1.10 bits per heavy atom. The predicted molar refractivity (Wildman–Crippen MR) is 128 cm³/mol. The largest absolute Gasteiger partial charge is 0.484 e. The van der Waals surface area contributed by atoms with Crippen molar-refractivity contribution >= 4 is 27.7 Å². The van der Waals surface area contributed by atoms with Gasteiger partial charge < -0.3 is 15.0 Å². The molecule has 0 aliphatic carbocycles. The SMILES string of the molecule is CCCNC(=O)[C@H](CC)N(CCc1ccccc1)C(=O)COc1cc(C)c(Br)c(C)c1. The summed E-state index contributed by atoms with van der Waals surface area (Å²) in [5, 5.41) is 2.93. The van der Waals surface area contributed by atoms with Crippen LogP contribution in [0.2, 0.25) is 0 Å². The highest BCUT2D eigenvalue weighted by Gasteiger charge is 2.28. The number of ether oxygens (including phenoxy) is 1. The van der Waals surface area contributed by atoms with Crippen LogP contribution in [-0.4, -0.2) is 42.5 Å². The van der Waals surface area contributed by atoms with E-state index in [1.165, 1.54) is 0 Å². The van der Waals surface area contributed by atoms with Gasteiger partial charge in [-0.25, -0.2) is 0 Å². The minimum absolute atomic E-state index is 0.104. The van der Waals surface area contributed by atoms with Crippen LogP contribution < -0.4 is 10.1 Å². The maximum absolute atomic E-state index is 13.2. The molecule has 0 aromatic heterocycles. The second kappa shape index (κ2) is 12.5. The van der Waals surface area contributed by atoms with Gasteiger partial charge in [0.15, 0.2) is 6.61 Å². The van der Waals surface area contributed by atoms with Crippen molar-refractivity contribution in [1.82, 2.24) is 10.2 Å². The Labute approximate surface area is 194 Å². The van der Waals surface area contributed by atoms with Crippen molar-refractivity contribution in [3.63, 3.8) is 0 Å². The average molecular weight is 489 g/mol. The van der Waals surface area contributed by atoms with E-state index < -0.39 is 6.04 Å². The van der Waals surface area contributed by atoms with Crippen LogP contribution in [0.4, 0.5) is 0 Å². The lowest BCUT2D eigenvalue weighted by molar-refractivity contribution is -0.142. The van der Waals surface area contributed by atoms with Gasteiger partial charge in [0.1, 0.15) is 11.8 Å². The van der Waals surface area contributed by atoms with Crippen LogP contribution >= 0.6 is 15.9 Å². The first-order valence-corrected chi connectivity index (χ1v) is 11.7. The number of carbonyl (C=O) groups is 2. The Kier molecular flexibility index (Phi) is 10.0. The lowest BCUT2D eigenvalue weighted by Gasteiger charge is -2.30. The van der Waals surface area contributed by atoms with Crippen LogP contribution in [-0.2, 0) is 16.0 Å². The van der Waals surface area contributed by atoms with E-state index in [0.29, 0.717) is 31.7 Å². The summed E-state index contributed by atoms with van der Waals surface area (Å²) in [6.45, 7) is 8.88. The zero-order valence-electron chi connectivity index (χ0n) is 18.9. The molecule has 0 saturated carbocycles. The Balaban J connectivity index is 2.14. The second-order valence-electron chi connectivity index (χ2n) is 7.70. The van der Waals surface area contributed by atoms with Gasteiger partial charge in [-0.1, -0.05) is 60.1 Å². The number of hydrogen-bond acceptors (Lipinski definition) is 3. The third kappa shape index (κ3) is 7.39. The number of hydrogen-bond donors (Lipinski definition) is 1. The van der Waals surface area contributed by atoms with Crippen molar-refractivity contribution < 1.29 is 14.3 Å². The summed E-state index contributed by atoms with van der Waals surface area (Å²) in [6.07, 6.45) is 2.08. The Bertz CT molecular complexity index is 847. The van der Waals surface area contributed by atoms with Gasteiger partial charge in [0.2, 0.25) is 5.91 Å². The summed E-state index contributed by atoms with van der Waals surface area (Å²) in [6, 6.07) is 13.3. The summed E-state index contributed by atoms with van der Waals surface area (Å²) >= 11 is 3.55. The lowest BCUT2D eigenvalue weighted by Crippen LogP contribution is -2.51. The zero-order chi connectivity index (χ0) is 22.8. The smallest absolute Gasteiger partial charge is 0.261 e. The van der Waals surface area contributed by atoms with Gasteiger partial charge in [-0.05, 0) is 61.9 Å². The molecule has 5 nitrogen and oxygen atoms in total. The molecule has 0 aliphatic heterocycles. The summed E-state index contributed by atoms with van der Waals surface area (Å²) in [4.78, 5) is 27.6. The third-order valence-electron chi connectivity index (χ3n) is 5.19. The number of nitrogens with zero attached hydrogens (tertiary/aromatic N) is 1. The number of amides is 2. The maximum atomic E-state index is 13.2. The molecule has 6 heteroatoms. The first-order valence-electron chi connectivity index (χ1n) is 10.9. The second-order valence-corrected chi connectivity index (χ2v) is 8.49. The van der Waals surface area contributed by atoms with E-state index in [4.69, 9.17) is 4.74 Å². The molecule has 1 atom stereocenters. The minimum Gasteiger partial charge on any atom is -0.484 e. The van der Waals surface area contributed by atoms with Crippen LogP contribution in [0.15, 0.2) is 46.9 Å². The van der Waals surface area contributed by atoms with Crippen molar-refractivity contribution in [3.05, 3.63) is 63.6 Å². The molecule has 31 heavy (non-hydrogen) atoms. The molecule has 0 aliphatic rings. The van der Waals surface area contributed by atoms with E-state index in [2.05, 4.69) is 21.2 Å². The molecule has 0 bridgehead atoms. The van der Waals surface area contributed by atoms with E-state index in [9.17, 15) is 9.59 Å². The molecule has 2 amide bonds. The van der Waals surface area contributed by atoms with Gasteiger partial charge >= 0.3 is 0 Å². The fourth-order valence-corrected chi connectivity index (χ4v) is 3.71. The molecule has 2 aromatic carbocycles. The molecular formula is C25H33BrN2O3. The highest BCUT2D eigenvalue weighted by molar-refractivity contribution is 9.10. The van der Waals surface area contributed by atoms with Crippen molar-refractivity contribution in [2.24, 2.45) is 0 Å². The van der Waals surface area contributed by atoms with Crippen molar-refractivity contribution in [2.75, 3.05) is 19.7 Å². The predicted octanol–water partition coefficient (Wildman–Crippen LogP) is 4.82. The summed E-state index contributed by atoms with van der Waals surface area (Å²) in [5.41, 5.74) is 3.23. The van der Waals surface area contributed by atoms with E-state index in [0.717, 1.165) is 27.6 Å². The van der Waals surface area contributed by atoms with Crippen molar-refractivity contribution in [1.29, 1.82) is 0 Å². The number of aryl methyl sites for hydroxylation is 2. The third-order valence-corrected chi connectivity index (χ3v) is 6.44. The highest BCUT2D eigenvalue weighted by Crippen LogP contribution is 2.26. The molecule has 0 unspecified atom stereocenters. The molecule has 0 spiro atoms. The molecule has 168 valence electrons. The van der Waals surface area contributed by atoms with E-state index >= 15 is 0 Å². The van der Waals surface area contributed by atoms with Crippen LogP contribution in [0.5, 0.6) is 5.75 Å². The highest BCUT2D eigenvalue weighted by atomic mass is 79.9. The fourth-order valence-electron chi connectivity index (χ4n) is 3.48. The monoisotopic (exact) mass is 488 g/mol. The van der Waals surface area contributed by atoms with Crippen LogP contribution in [0.3, 0.4) is 0 Å². The molecule has 0 heterocycles. The average Bonchev–Trinajstić information content (AvgIpc) is 2.77. The summed E-state index contributed by atoms with van der Waals surface area (Å²) in [5.74, 6) is 0.354. The summed E-state index contributed by atoms with van der Waals surface area (Å²) < 4.78 is 6.87. The van der Waals surface area contributed by atoms with Crippen molar-refractivity contribution in [2.45, 2.75) is 53.0 Å². The van der Waals surface area contributed by atoms with Gasteiger partial charge in [-0.3, -0.25) is 9.59 Å². The van der Waals surface area contributed by atoms with E-state index in [1.54, 1.807) is 4.90 Å². The molecule has 2 rings (SSSR count). The Morgan fingerprint density at radius 3 is 2.32 bits per heavy atom. The number of benzene rings is 2. The van der Waals surface area contributed by atoms with Gasteiger partial charge in [-0.2, -0.15) is 0 Å². The lowest BCUT2D eigenvalue weighted by atomic mass is 10.1. The summed E-state index contributed by atoms with van der Waals surface area (Å²) in [7, 11) is 0. The standard InChI is InChI=1S/C25H33BrN2O3/c1-5-13-27-25(30)22(6-2)28(14-12-20-10-8-7-9-11-20)23(29)17-31-21-15-18(3)24(26)19(4)16-21/h7-11,15-16,22H,5-6,12-14,17H2,1-4H3,(H,27,30)/t22-/m0/s1. The molecule has 0 saturated heterocycles. The molecule has 0 radical (unpaired) electrons. The van der Waals surface area contributed by atoms with Gasteiger partial charge in [-0.15, -0.1) is 0 Å². The van der Waals surface area contributed by atoms with E-state index in [-0.39, 0.29) is 18.4 Å². The van der Waals surface area contributed by atoms with Gasteiger partial charge in [0.05, 0.1) is 0 Å². The Hall–Kier alpha value is -2.34. The molecule has 1 N–H and O–H groups in total. The first-order chi connectivity index (χ1) is 14.9. The number of nitrogens with one attached hydrogen (secondary N) is 1.